The third-order valence-corrected chi connectivity index (χ3v) is 7.59. The molecule has 0 bridgehead atoms. The van der Waals surface area contributed by atoms with Crippen molar-refractivity contribution in [1.29, 1.82) is 0 Å². The van der Waals surface area contributed by atoms with Gasteiger partial charge in [0.05, 0.1) is 26.8 Å². The highest BCUT2D eigenvalue weighted by Crippen LogP contribution is 2.42. The average molecular weight is 668 g/mol. The van der Waals surface area contributed by atoms with Crippen molar-refractivity contribution >= 4 is 34.4 Å². The van der Waals surface area contributed by atoms with Crippen LogP contribution in [0.2, 0.25) is 0 Å². The van der Waals surface area contributed by atoms with Gasteiger partial charge in [-0.1, -0.05) is 78.9 Å². The molecule has 50 heavy (non-hydrogen) atoms. The van der Waals surface area contributed by atoms with Gasteiger partial charge in [0.25, 0.3) is 0 Å². The van der Waals surface area contributed by atoms with Crippen LogP contribution < -0.4 is 19.1 Å². The van der Waals surface area contributed by atoms with Crippen LogP contribution >= 0.6 is 0 Å². The summed E-state index contributed by atoms with van der Waals surface area (Å²) in [7, 11) is 0. The number of carbonyl (C=O) groups excluding carboxylic acids is 1. The number of nitro benzene ring substituents is 2. The Kier molecular flexibility index (Phi) is 10.0. The third kappa shape index (κ3) is 7.92. The van der Waals surface area contributed by atoms with E-state index in [0.717, 1.165) is 11.1 Å². The number of para-hydroxylation sites is 1. The number of anilines is 3. The van der Waals surface area contributed by atoms with Gasteiger partial charge in [0.2, 0.25) is 0 Å². The highest BCUT2D eigenvalue weighted by atomic mass is 16.6. The SMILES string of the molecule is O=C(Oc1ccccc1)c1ccc(N(c2ccc([N+](=O)[O-])c(OCc3ccccc3)c2)c2ccc([N+](=O)[O-])c(OCc3ccccc3)c2)cc1. The van der Waals surface area contributed by atoms with Gasteiger partial charge in [-0.05, 0) is 59.7 Å². The van der Waals surface area contributed by atoms with E-state index >= 15 is 0 Å². The summed E-state index contributed by atoms with van der Waals surface area (Å²) in [5, 5.41) is 24.0. The molecule has 0 radical (unpaired) electrons. The number of esters is 1. The fourth-order valence-corrected chi connectivity index (χ4v) is 5.14. The Balaban J connectivity index is 1.40. The average Bonchev–Trinajstić information content (AvgIpc) is 3.14. The molecule has 0 N–H and O–H groups in total. The maximum atomic E-state index is 12.9. The summed E-state index contributed by atoms with van der Waals surface area (Å²) in [4.78, 5) is 37.6. The molecule has 11 nitrogen and oxygen atoms in total. The van der Waals surface area contributed by atoms with E-state index in [4.69, 9.17) is 14.2 Å². The number of hydrogen-bond donors (Lipinski definition) is 0. The lowest BCUT2D eigenvalue weighted by atomic mass is 10.1. The molecule has 11 heteroatoms. The van der Waals surface area contributed by atoms with Crippen LogP contribution in [0, 0.1) is 20.2 Å². The first kappa shape index (κ1) is 32.9. The van der Waals surface area contributed by atoms with Gasteiger partial charge < -0.3 is 19.1 Å². The largest absolute Gasteiger partial charge is 0.482 e. The van der Waals surface area contributed by atoms with Crippen LogP contribution in [-0.4, -0.2) is 15.8 Å². The first-order chi connectivity index (χ1) is 24.4. The van der Waals surface area contributed by atoms with Crippen molar-refractivity contribution in [2.45, 2.75) is 13.2 Å². The first-order valence-corrected chi connectivity index (χ1v) is 15.4. The summed E-state index contributed by atoms with van der Waals surface area (Å²) < 4.78 is 17.4. The van der Waals surface area contributed by atoms with E-state index in [2.05, 4.69) is 0 Å². The molecular formula is C39H29N3O8. The molecule has 248 valence electrons. The van der Waals surface area contributed by atoms with Crippen molar-refractivity contribution in [2.75, 3.05) is 4.90 Å². The van der Waals surface area contributed by atoms with E-state index in [1.165, 1.54) is 24.3 Å². The van der Waals surface area contributed by atoms with Crippen LogP contribution in [0.25, 0.3) is 0 Å². The normalized spacial score (nSPS) is 10.6. The first-order valence-electron chi connectivity index (χ1n) is 15.4. The second kappa shape index (κ2) is 15.3. The number of carbonyl (C=O) groups is 1. The Morgan fingerprint density at radius 3 is 1.40 bits per heavy atom. The highest BCUT2D eigenvalue weighted by molar-refractivity contribution is 5.92. The molecule has 0 amide bonds. The summed E-state index contributed by atoms with van der Waals surface area (Å²) in [6, 6.07) is 42.5. The van der Waals surface area contributed by atoms with E-state index in [9.17, 15) is 25.0 Å². The van der Waals surface area contributed by atoms with E-state index in [1.807, 2.05) is 66.7 Å². The van der Waals surface area contributed by atoms with E-state index < -0.39 is 15.8 Å². The van der Waals surface area contributed by atoms with Gasteiger partial charge >= 0.3 is 17.3 Å². The topological polar surface area (TPSA) is 134 Å². The van der Waals surface area contributed by atoms with Gasteiger partial charge in [0.15, 0.2) is 11.5 Å². The van der Waals surface area contributed by atoms with Crippen molar-refractivity contribution in [3.63, 3.8) is 0 Å². The van der Waals surface area contributed by atoms with Crippen LogP contribution in [0.1, 0.15) is 21.5 Å². The van der Waals surface area contributed by atoms with Crippen LogP contribution in [0.5, 0.6) is 17.2 Å². The Bertz CT molecular complexity index is 2000. The Hall–Kier alpha value is -7.01. The van der Waals surface area contributed by atoms with Crippen molar-refractivity contribution in [1.82, 2.24) is 0 Å². The van der Waals surface area contributed by atoms with Gasteiger partial charge in [-0.25, -0.2) is 4.79 Å². The van der Waals surface area contributed by atoms with E-state index in [0.29, 0.717) is 22.8 Å². The Morgan fingerprint density at radius 2 is 0.960 bits per heavy atom. The lowest BCUT2D eigenvalue weighted by molar-refractivity contribution is -0.386. The molecule has 0 aromatic heterocycles. The molecule has 0 fully saturated rings. The third-order valence-electron chi connectivity index (χ3n) is 7.59. The summed E-state index contributed by atoms with van der Waals surface area (Å²) in [6.45, 7) is 0.163. The minimum Gasteiger partial charge on any atom is -0.482 e. The zero-order chi connectivity index (χ0) is 34.9. The summed E-state index contributed by atoms with van der Waals surface area (Å²) >= 11 is 0. The molecule has 6 aromatic carbocycles. The number of ether oxygens (including phenoxy) is 3. The Morgan fingerprint density at radius 1 is 0.540 bits per heavy atom. The molecule has 6 rings (SSSR count). The monoisotopic (exact) mass is 667 g/mol. The van der Waals surface area contributed by atoms with Gasteiger partial charge in [-0.15, -0.1) is 0 Å². The summed E-state index contributed by atoms with van der Waals surface area (Å²) in [5.41, 5.74) is 2.87. The predicted molar refractivity (Wildman–Crippen MR) is 187 cm³/mol. The molecular weight excluding hydrogens is 638 g/mol. The molecule has 0 spiro atoms. The minimum absolute atomic E-state index is 0.0203. The second-order valence-electron chi connectivity index (χ2n) is 11.0. The molecule has 0 saturated heterocycles. The Labute approximate surface area is 286 Å². The minimum atomic E-state index is -0.562. The maximum absolute atomic E-state index is 12.9. The van der Waals surface area contributed by atoms with Crippen molar-refractivity contribution in [3.05, 3.63) is 189 Å². The number of rotatable bonds is 13. The molecule has 6 aromatic rings. The maximum Gasteiger partial charge on any atom is 0.343 e. The van der Waals surface area contributed by atoms with Gasteiger partial charge in [-0.3, -0.25) is 20.2 Å². The number of nitro groups is 2. The standard InChI is InChI=1S/C39H29N3O8/c43-39(50-34-14-8-3-9-15-34)30-16-18-31(19-17-30)40(32-20-22-35(41(44)45)37(24-32)48-26-28-10-4-1-5-11-28)33-21-23-36(42(46)47)38(25-33)49-27-29-12-6-2-7-13-29/h1-25H,26-27H2. The quantitative estimate of drug-likeness (QED) is 0.0511. The molecule has 0 heterocycles. The lowest BCUT2D eigenvalue weighted by Crippen LogP contribution is -2.13. The van der Waals surface area contributed by atoms with Gasteiger partial charge in [0.1, 0.15) is 19.0 Å². The van der Waals surface area contributed by atoms with Gasteiger partial charge in [0, 0.05) is 30.0 Å². The van der Waals surface area contributed by atoms with Crippen molar-refractivity contribution < 1.29 is 28.9 Å². The van der Waals surface area contributed by atoms with E-state index in [1.54, 1.807) is 65.6 Å². The fraction of sp³-hybridized carbons (Fsp3) is 0.0513. The predicted octanol–water partition coefficient (Wildman–Crippen LogP) is 9.35. The van der Waals surface area contributed by atoms with Crippen LogP contribution in [-0.2, 0) is 13.2 Å². The number of nitrogens with zero attached hydrogens (tertiary/aromatic N) is 3. The molecule has 0 saturated carbocycles. The zero-order valence-corrected chi connectivity index (χ0v) is 26.5. The molecule has 0 aliphatic carbocycles. The summed E-state index contributed by atoms with van der Waals surface area (Å²) in [6.07, 6.45) is 0. The van der Waals surface area contributed by atoms with Crippen LogP contribution in [0.4, 0.5) is 28.4 Å². The number of hydrogen-bond acceptors (Lipinski definition) is 9. The van der Waals surface area contributed by atoms with Crippen molar-refractivity contribution in [3.8, 4) is 17.2 Å². The van der Waals surface area contributed by atoms with Crippen molar-refractivity contribution in [2.24, 2.45) is 0 Å². The number of benzene rings is 6. The van der Waals surface area contributed by atoms with E-state index in [-0.39, 0.29) is 41.7 Å². The molecule has 0 aliphatic heterocycles. The van der Waals surface area contributed by atoms with Crippen LogP contribution in [0.3, 0.4) is 0 Å². The summed E-state index contributed by atoms with van der Waals surface area (Å²) in [5.74, 6) is -0.127. The van der Waals surface area contributed by atoms with Crippen LogP contribution in [0.15, 0.2) is 152 Å². The van der Waals surface area contributed by atoms with Gasteiger partial charge in [-0.2, -0.15) is 0 Å². The highest BCUT2D eigenvalue weighted by Gasteiger charge is 2.24. The fourth-order valence-electron chi connectivity index (χ4n) is 5.14. The molecule has 0 aliphatic rings. The smallest absolute Gasteiger partial charge is 0.343 e. The zero-order valence-electron chi connectivity index (χ0n) is 26.5. The second-order valence-corrected chi connectivity index (χ2v) is 11.0. The lowest BCUT2D eigenvalue weighted by Gasteiger charge is -2.26. The molecule has 0 atom stereocenters. The molecule has 0 unspecified atom stereocenters.